The summed E-state index contributed by atoms with van der Waals surface area (Å²) >= 11 is 0. The van der Waals surface area contributed by atoms with Gasteiger partial charge in [0.15, 0.2) is 6.61 Å². The molecule has 0 spiro atoms. The Morgan fingerprint density at radius 3 is 2.04 bits per heavy atom. The van der Waals surface area contributed by atoms with Crippen molar-refractivity contribution in [3.05, 3.63) is 68.3 Å². The van der Waals surface area contributed by atoms with Gasteiger partial charge in [0.25, 0.3) is 17.3 Å². The van der Waals surface area contributed by atoms with E-state index in [0.29, 0.717) is 17.5 Å². The monoisotopic (exact) mass is 375 g/mol. The lowest BCUT2D eigenvalue weighted by molar-refractivity contribution is -0.394. The molecule has 0 bridgehead atoms. The second kappa shape index (κ2) is 8.38. The van der Waals surface area contributed by atoms with E-state index in [-0.39, 0.29) is 0 Å². The Hall–Kier alpha value is -4.02. The number of nitro groups is 2. The van der Waals surface area contributed by atoms with Crippen LogP contribution >= 0.6 is 0 Å². The highest BCUT2D eigenvalue weighted by molar-refractivity contribution is 5.96. The molecule has 11 nitrogen and oxygen atoms in total. The number of rotatable bonds is 7. The highest BCUT2D eigenvalue weighted by Gasteiger charge is 2.21. The number of carbonyl (C=O) groups is 2. The van der Waals surface area contributed by atoms with E-state index in [9.17, 15) is 29.8 Å². The zero-order chi connectivity index (χ0) is 20.0. The van der Waals surface area contributed by atoms with E-state index < -0.39 is 45.3 Å². The van der Waals surface area contributed by atoms with Crippen molar-refractivity contribution in [2.45, 2.75) is 0 Å². The Labute approximate surface area is 151 Å². The predicted molar refractivity (Wildman–Crippen MR) is 91.7 cm³/mol. The third-order valence-electron chi connectivity index (χ3n) is 3.27. The first kappa shape index (κ1) is 19.3. The summed E-state index contributed by atoms with van der Waals surface area (Å²) in [5.41, 5.74) is -1.26. The Morgan fingerprint density at radius 2 is 1.56 bits per heavy atom. The lowest BCUT2D eigenvalue weighted by Crippen LogP contribution is -2.21. The molecule has 0 aromatic heterocycles. The van der Waals surface area contributed by atoms with E-state index in [1.807, 2.05) is 0 Å². The molecule has 0 saturated carbocycles. The third kappa shape index (κ3) is 5.22. The number of ether oxygens (including phenoxy) is 2. The van der Waals surface area contributed by atoms with Crippen LogP contribution in [0.2, 0.25) is 0 Å². The van der Waals surface area contributed by atoms with Crippen molar-refractivity contribution in [1.29, 1.82) is 0 Å². The van der Waals surface area contributed by atoms with Gasteiger partial charge in [-0.3, -0.25) is 25.0 Å². The molecule has 0 unspecified atom stereocenters. The van der Waals surface area contributed by atoms with E-state index in [0.717, 1.165) is 12.1 Å². The van der Waals surface area contributed by atoms with Crippen LogP contribution < -0.4 is 10.1 Å². The van der Waals surface area contributed by atoms with Crippen molar-refractivity contribution in [3.8, 4) is 5.75 Å². The Morgan fingerprint density at radius 1 is 1.00 bits per heavy atom. The minimum atomic E-state index is -1.10. The van der Waals surface area contributed by atoms with Crippen LogP contribution in [0.3, 0.4) is 0 Å². The SMILES string of the molecule is COc1ccc(NC(=O)COC(=O)c2cc([N+](=O)[O-])cc([N+](=O)[O-])c2)cc1. The van der Waals surface area contributed by atoms with Crippen LogP contribution in [0.15, 0.2) is 42.5 Å². The molecule has 0 heterocycles. The summed E-state index contributed by atoms with van der Waals surface area (Å²) < 4.78 is 9.73. The molecule has 0 aliphatic heterocycles. The number of nitrogens with zero attached hydrogens (tertiary/aromatic N) is 2. The molecule has 0 aliphatic rings. The van der Waals surface area contributed by atoms with E-state index in [1.54, 1.807) is 24.3 Å². The van der Waals surface area contributed by atoms with Gasteiger partial charge in [-0.1, -0.05) is 0 Å². The molecule has 1 amide bonds. The van der Waals surface area contributed by atoms with Gasteiger partial charge in [0, 0.05) is 17.8 Å². The minimum absolute atomic E-state index is 0.409. The van der Waals surface area contributed by atoms with Crippen LogP contribution in [0.25, 0.3) is 0 Å². The molecule has 11 heteroatoms. The molecule has 0 saturated heterocycles. The summed E-state index contributed by atoms with van der Waals surface area (Å²) in [5.74, 6) is -1.17. The van der Waals surface area contributed by atoms with Crippen molar-refractivity contribution in [2.24, 2.45) is 0 Å². The average Bonchev–Trinajstić information content (AvgIpc) is 2.66. The summed E-state index contributed by atoms with van der Waals surface area (Å²) in [4.78, 5) is 43.7. The average molecular weight is 375 g/mol. The highest BCUT2D eigenvalue weighted by atomic mass is 16.6. The number of nitro benzene ring substituents is 2. The largest absolute Gasteiger partial charge is 0.497 e. The fraction of sp³-hybridized carbons (Fsp3) is 0.125. The first-order chi connectivity index (χ1) is 12.8. The number of non-ortho nitro benzene ring substituents is 2. The summed E-state index contributed by atoms with van der Waals surface area (Å²) in [6, 6.07) is 8.75. The maximum atomic E-state index is 12.0. The summed E-state index contributed by atoms with van der Waals surface area (Å²) in [6.45, 7) is -0.679. The smallest absolute Gasteiger partial charge is 0.339 e. The maximum Gasteiger partial charge on any atom is 0.339 e. The van der Waals surface area contributed by atoms with Gasteiger partial charge in [0.05, 0.1) is 28.6 Å². The lowest BCUT2D eigenvalue weighted by atomic mass is 10.2. The minimum Gasteiger partial charge on any atom is -0.497 e. The topological polar surface area (TPSA) is 151 Å². The van der Waals surface area contributed by atoms with Crippen LogP contribution in [0.5, 0.6) is 5.75 Å². The van der Waals surface area contributed by atoms with Gasteiger partial charge >= 0.3 is 5.97 Å². The molecule has 0 aliphatic carbocycles. The second-order valence-corrected chi connectivity index (χ2v) is 5.11. The summed E-state index contributed by atoms with van der Waals surface area (Å²) in [5, 5.41) is 24.1. The number of methoxy groups -OCH3 is 1. The molecule has 2 aromatic carbocycles. The fourth-order valence-corrected chi connectivity index (χ4v) is 2.01. The van der Waals surface area contributed by atoms with Crippen LogP contribution in [-0.2, 0) is 9.53 Å². The molecule has 0 atom stereocenters. The van der Waals surface area contributed by atoms with Gasteiger partial charge in [0.1, 0.15) is 5.75 Å². The number of amides is 1. The predicted octanol–water partition coefficient (Wildman–Crippen LogP) is 2.31. The number of benzene rings is 2. The molecular formula is C16H13N3O8. The summed E-state index contributed by atoms with van der Waals surface area (Å²) in [7, 11) is 1.49. The van der Waals surface area contributed by atoms with Gasteiger partial charge in [0.2, 0.25) is 0 Å². The standard InChI is InChI=1S/C16H13N3O8/c1-26-14-4-2-11(3-5-14)17-15(20)9-27-16(21)10-6-12(18(22)23)8-13(7-10)19(24)25/h2-8H,9H2,1H3,(H,17,20). The zero-order valence-electron chi connectivity index (χ0n) is 13.9. The molecule has 0 radical (unpaired) electrons. The molecular weight excluding hydrogens is 362 g/mol. The normalized spacial score (nSPS) is 9.96. The van der Waals surface area contributed by atoms with Crippen LogP contribution in [0.1, 0.15) is 10.4 Å². The van der Waals surface area contributed by atoms with Crippen molar-refractivity contribution >= 4 is 28.9 Å². The maximum absolute atomic E-state index is 12.0. The van der Waals surface area contributed by atoms with Gasteiger partial charge in [-0.2, -0.15) is 0 Å². The van der Waals surface area contributed by atoms with E-state index in [1.165, 1.54) is 7.11 Å². The molecule has 27 heavy (non-hydrogen) atoms. The molecule has 2 aromatic rings. The number of anilines is 1. The molecule has 1 N–H and O–H groups in total. The van der Waals surface area contributed by atoms with Crippen LogP contribution in [-0.4, -0.2) is 35.4 Å². The first-order valence-corrected chi connectivity index (χ1v) is 7.35. The van der Waals surface area contributed by atoms with E-state index in [4.69, 9.17) is 9.47 Å². The lowest BCUT2D eigenvalue weighted by Gasteiger charge is -2.07. The fourth-order valence-electron chi connectivity index (χ4n) is 2.01. The van der Waals surface area contributed by atoms with Crippen molar-refractivity contribution in [2.75, 3.05) is 19.0 Å². The van der Waals surface area contributed by atoms with Crippen LogP contribution in [0.4, 0.5) is 17.1 Å². The van der Waals surface area contributed by atoms with Crippen molar-refractivity contribution in [1.82, 2.24) is 0 Å². The van der Waals surface area contributed by atoms with E-state index in [2.05, 4.69) is 5.32 Å². The Balaban J connectivity index is 2.02. The molecule has 2 rings (SSSR count). The Bertz CT molecular complexity index is 863. The number of hydrogen-bond acceptors (Lipinski definition) is 8. The highest BCUT2D eigenvalue weighted by Crippen LogP contribution is 2.23. The molecule has 140 valence electrons. The van der Waals surface area contributed by atoms with E-state index >= 15 is 0 Å². The zero-order valence-corrected chi connectivity index (χ0v) is 13.9. The van der Waals surface area contributed by atoms with Gasteiger partial charge in [-0.15, -0.1) is 0 Å². The summed E-state index contributed by atoms with van der Waals surface area (Å²) in [6.07, 6.45) is 0. The van der Waals surface area contributed by atoms with Gasteiger partial charge in [-0.25, -0.2) is 4.79 Å². The Kier molecular flexibility index (Phi) is 5.99. The molecule has 0 fully saturated rings. The van der Waals surface area contributed by atoms with Gasteiger partial charge < -0.3 is 14.8 Å². The number of hydrogen-bond donors (Lipinski definition) is 1. The number of carbonyl (C=O) groups excluding carboxylic acids is 2. The van der Waals surface area contributed by atoms with Crippen molar-refractivity contribution < 1.29 is 28.9 Å². The van der Waals surface area contributed by atoms with Gasteiger partial charge in [-0.05, 0) is 24.3 Å². The number of esters is 1. The third-order valence-corrected chi connectivity index (χ3v) is 3.27. The quantitative estimate of drug-likeness (QED) is 0.440. The number of nitrogens with one attached hydrogen (secondary N) is 1. The van der Waals surface area contributed by atoms with Crippen LogP contribution in [0, 0.1) is 20.2 Å². The van der Waals surface area contributed by atoms with Crippen molar-refractivity contribution in [3.63, 3.8) is 0 Å². The first-order valence-electron chi connectivity index (χ1n) is 7.35. The second-order valence-electron chi connectivity index (χ2n) is 5.11.